The number of carboxylic acids is 1. The molecule has 1 rings (SSSR count). The first-order chi connectivity index (χ1) is 18.1. The van der Waals surface area contributed by atoms with Crippen molar-refractivity contribution in [2.75, 3.05) is 0 Å². The van der Waals surface area contributed by atoms with Crippen molar-refractivity contribution in [2.45, 2.75) is 120 Å². The smallest absolute Gasteiger partial charge is 0.306 e. The highest BCUT2D eigenvalue weighted by Gasteiger charge is 2.40. The number of carbonyl (C=O) groups excluding carboxylic acids is 2. The number of carboxylic acid groups (broad SMARTS) is 1. The molecule has 0 heterocycles. The maximum Gasteiger partial charge on any atom is 0.306 e. The van der Waals surface area contributed by atoms with Crippen LogP contribution in [-0.4, -0.2) is 28.0 Å². The normalized spacial score (nSPS) is 14.0. The van der Waals surface area contributed by atoms with E-state index >= 15 is 0 Å². The zero-order valence-corrected chi connectivity index (χ0v) is 25.9. The van der Waals surface area contributed by atoms with E-state index in [2.05, 4.69) is 52.2 Å². The summed E-state index contributed by atoms with van der Waals surface area (Å²) in [5.41, 5.74) is 0.733. The molecular weight excluding hydrogens is 492 g/mol. The lowest BCUT2D eigenvalue weighted by atomic mass is 9.66. The average Bonchev–Trinajstić information content (AvgIpc) is 2.92. The van der Waals surface area contributed by atoms with Gasteiger partial charge in [-0.15, -0.1) is 0 Å². The van der Waals surface area contributed by atoms with Gasteiger partial charge in [-0.1, -0.05) is 74.8 Å². The highest BCUT2D eigenvalue weighted by molar-refractivity contribution is 5.80. The molecule has 1 aromatic carbocycles. The fraction of sp³-hybridized carbons (Fsp3) is 0.719. The van der Waals surface area contributed by atoms with Crippen molar-refractivity contribution in [3.8, 4) is 5.75 Å². The van der Waals surface area contributed by atoms with Gasteiger partial charge in [0.15, 0.2) is 0 Å². The van der Waals surface area contributed by atoms with Crippen LogP contribution in [-0.2, 0) is 27.5 Å². The highest BCUT2D eigenvalue weighted by atomic mass is 16.4. The average molecular weight is 547 g/mol. The Morgan fingerprint density at radius 2 is 1.46 bits per heavy atom. The van der Waals surface area contributed by atoms with E-state index in [1.807, 2.05) is 13.8 Å². The third-order valence-electron chi connectivity index (χ3n) is 9.78. The van der Waals surface area contributed by atoms with Crippen LogP contribution in [0.25, 0.3) is 0 Å². The van der Waals surface area contributed by atoms with Gasteiger partial charge in [-0.05, 0) is 66.0 Å². The number of hydrogen-bond donors (Lipinski definition) is 4. The Labute approximate surface area is 236 Å². The van der Waals surface area contributed by atoms with Crippen LogP contribution in [0.1, 0.15) is 118 Å². The van der Waals surface area contributed by atoms with Crippen molar-refractivity contribution >= 4 is 17.8 Å². The molecule has 0 bridgehead atoms. The molecule has 4 N–H and O–H groups in total. The van der Waals surface area contributed by atoms with E-state index in [1.54, 1.807) is 25.1 Å². The number of hydrogen-bond acceptors (Lipinski definition) is 4. The fourth-order valence-electron chi connectivity index (χ4n) is 5.40. The molecule has 0 fully saturated rings. The second kappa shape index (κ2) is 14.7. The van der Waals surface area contributed by atoms with Crippen LogP contribution in [0.2, 0.25) is 0 Å². The summed E-state index contributed by atoms with van der Waals surface area (Å²) >= 11 is 0. The predicted octanol–water partition coefficient (Wildman–Crippen LogP) is 6.81. The van der Waals surface area contributed by atoms with Crippen molar-refractivity contribution in [3.05, 3.63) is 29.3 Å². The van der Waals surface area contributed by atoms with Crippen molar-refractivity contribution in [1.29, 1.82) is 0 Å². The third kappa shape index (κ3) is 9.25. The van der Waals surface area contributed by atoms with Gasteiger partial charge in [0.25, 0.3) is 0 Å². The van der Waals surface area contributed by atoms with Crippen LogP contribution < -0.4 is 10.6 Å². The third-order valence-corrected chi connectivity index (χ3v) is 9.78. The molecule has 0 radical (unpaired) electrons. The number of aliphatic carboxylic acids is 1. The molecule has 2 atom stereocenters. The molecule has 7 heteroatoms. The molecule has 0 aromatic heterocycles. The number of aromatic hydroxyl groups is 1. The van der Waals surface area contributed by atoms with Gasteiger partial charge >= 0.3 is 5.97 Å². The summed E-state index contributed by atoms with van der Waals surface area (Å²) in [6, 6.07) is 5.16. The number of carbonyl (C=O) groups is 3. The molecule has 0 aliphatic rings. The van der Waals surface area contributed by atoms with E-state index in [0.717, 1.165) is 31.2 Å². The second-order valence-electron chi connectivity index (χ2n) is 12.4. The van der Waals surface area contributed by atoms with E-state index in [4.69, 9.17) is 0 Å². The minimum Gasteiger partial charge on any atom is -0.508 e. The number of amides is 2. The maximum atomic E-state index is 13.5. The van der Waals surface area contributed by atoms with Crippen molar-refractivity contribution in [1.82, 2.24) is 10.6 Å². The Kier molecular flexibility index (Phi) is 13.0. The molecule has 0 saturated carbocycles. The molecule has 2 unspecified atom stereocenters. The first kappa shape index (κ1) is 34.5. The number of phenols is 1. The van der Waals surface area contributed by atoms with Crippen LogP contribution >= 0.6 is 0 Å². The zero-order chi connectivity index (χ0) is 30.0. The number of benzene rings is 1. The summed E-state index contributed by atoms with van der Waals surface area (Å²) < 4.78 is 0. The first-order valence-electron chi connectivity index (χ1n) is 14.7. The van der Waals surface area contributed by atoms with Crippen molar-refractivity contribution < 1.29 is 24.6 Å². The van der Waals surface area contributed by atoms with Gasteiger partial charge in [0.1, 0.15) is 5.75 Å². The van der Waals surface area contributed by atoms with Gasteiger partial charge in [0, 0.05) is 31.0 Å². The summed E-state index contributed by atoms with van der Waals surface area (Å²) in [5, 5.41) is 25.9. The second-order valence-corrected chi connectivity index (χ2v) is 12.4. The molecule has 39 heavy (non-hydrogen) atoms. The van der Waals surface area contributed by atoms with E-state index in [1.165, 1.54) is 0 Å². The number of nitrogens with one attached hydrogen (secondary N) is 2. The molecule has 1 aromatic rings. The highest BCUT2D eigenvalue weighted by Crippen LogP contribution is 2.43. The van der Waals surface area contributed by atoms with Crippen molar-refractivity contribution in [3.63, 3.8) is 0 Å². The minimum absolute atomic E-state index is 0.0497. The summed E-state index contributed by atoms with van der Waals surface area (Å²) in [6.07, 6.45) is 4.93. The van der Waals surface area contributed by atoms with Gasteiger partial charge in [-0.25, -0.2) is 0 Å². The Morgan fingerprint density at radius 3 is 1.95 bits per heavy atom. The topological polar surface area (TPSA) is 116 Å². The van der Waals surface area contributed by atoms with E-state index < -0.39 is 17.3 Å². The summed E-state index contributed by atoms with van der Waals surface area (Å²) in [7, 11) is 0. The molecule has 222 valence electrons. The Balaban J connectivity index is 2.97. The van der Waals surface area contributed by atoms with E-state index in [9.17, 15) is 24.6 Å². The monoisotopic (exact) mass is 546 g/mol. The van der Waals surface area contributed by atoms with Crippen molar-refractivity contribution in [2.24, 2.45) is 28.1 Å². The molecular formula is C32H54N2O5. The Morgan fingerprint density at radius 1 is 0.872 bits per heavy atom. The lowest BCUT2D eigenvalue weighted by Gasteiger charge is -2.39. The first-order valence-corrected chi connectivity index (χ1v) is 14.7. The predicted molar refractivity (Wildman–Crippen MR) is 157 cm³/mol. The van der Waals surface area contributed by atoms with Crippen LogP contribution in [0.5, 0.6) is 5.75 Å². The maximum absolute atomic E-state index is 13.5. The summed E-state index contributed by atoms with van der Waals surface area (Å²) in [5.74, 6) is -1.79. The van der Waals surface area contributed by atoms with Crippen LogP contribution in [0.3, 0.4) is 0 Å². The lowest BCUT2D eigenvalue weighted by molar-refractivity contribution is -0.147. The van der Waals surface area contributed by atoms with Gasteiger partial charge in [-0.3, -0.25) is 14.4 Å². The number of rotatable bonds is 17. The van der Waals surface area contributed by atoms with Gasteiger partial charge in [0.2, 0.25) is 11.8 Å². The lowest BCUT2D eigenvalue weighted by Crippen LogP contribution is -2.42. The molecule has 0 saturated heterocycles. The molecule has 0 aliphatic heterocycles. The molecule has 7 nitrogen and oxygen atoms in total. The zero-order valence-electron chi connectivity index (χ0n) is 25.9. The molecule has 2 amide bonds. The fourth-order valence-corrected chi connectivity index (χ4v) is 5.40. The molecule has 0 spiro atoms. The van der Waals surface area contributed by atoms with Crippen LogP contribution in [0, 0.1) is 28.1 Å². The van der Waals surface area contributed by atoms with E-state index in [-0.39, 0.29) is 47.3 Å². The SMILES string of the molecule is CCC(C)(C)CC(C(=O)NCc1ccc(O)c(CNC(=O)CC(CC)(CC)C(C)C(=O)O)c1)C(C)(CC)CC. The summed E-state index contributed by atoms with van der Waals surface area (Å²) in [4.78, 5) is 37.9. The Bertz CT molecular complexity index is 963. The summed E-state index contributed by atoms with van der Waals surface area (Å²) in [6.45, 7) is 19.0. The van der Waals surface area contributed by atoms with E-state index in [0.29, 0.717) is 24.9 Å². The largest absolute Gasteiger partial charge is 0.508 e. The van der Waals surface area contributed by atoms with Gasteiger partial charge in [-0.2, -0.15) is 0 Å². The number of phenolic OH excluding ortho intramolecular Hbond substituents is 1. The minimum atomic E-state index is -0.905. The van der Waals surface area contributed by atoms with Crippen LogP contribution in [0.4, 0.5) is 0 Å². The van der Waals surface area contributed by atoms with Gasteiger partial charge in [0.05, 0.1) is 5.92 Å². The van der Waals surface area contributed by atoms with Gasteiger partial charge < -0.3 is 20.8 Å². The van der Waals surface area contributed by atoms with Crippen LogP contribution in [0.15, 0.2) is 18.2 Å². The quantitative estimate of drug-likeness (QED) is 0.171. The standard InChI is InChI=1S/C32H54N2O5/c1-10-30(7,8)18-25(31(9,11-2)12-3)28(37)34-20-23-15-16-26(35)24(17-23)21-33-27(36)19-32(13-4,14-5)22(6)29(38)39/h15-17,22,25,35H,10-14,18-21H2,1-9H3,(H,33,36)(H,34,37)(H,38,39). The molecule has 0 aliphatic carbocycles. The Hall–Kier alpha value is -2.57.